The number of hydrogen-bond donors (Lipinski definition) is 3. The van der Waals surface area contributed by atoms with Gasteiger partial charge in [0, 0.05) is 11.4 Å². The van der Waals surface area contributed by atoms with Crippen LogP contribution in [0.2, 0.25) is 15.1 Å². The van der Waals surface area contributed by atoms with Crippen molar-refractivity contribution in [3.63, 3.8) is 0 Å². The number of nitrogens with one attached hydrogen (secondary N) is 3. The molecule has 3 amide bonds. The second kappa shape index (κ2) is 17.1. The average molecular weight is 751 g/mol. The van der Waals surface area contributed by atoms with Gasteiger partial charge in [-0.3, -0.25) is 19.2 Å². The van der Waals surface area contributed by atoms with Crippen LogP contribution < -0.4 is 20.7 Å². The molecule has 0 radical (unpaired) electrons. The van der Waals surface area contributed by atoms with Gasteiger partial charge in [0.05, 0.1) is 22.5 Å². The molecule has 0 aliphatic carbocycles. The summed E-state index contributed by atoms with van der Waals surface area (Å²) in [5.74, 6) is -12.0. The number of carbonyl (C=O) groups is 4. The van der Waals surface area contributed by atoms with E-state index in [0.29, 0.717) is 21.9 Å². The molecular weight excluding hydrogens is 720 g/mol. The van der Waals surface area contributed by atoms with Crippen molar-refractivity contribution < 1.29 is 45.9 Å². The van der Waals surface area contributed by atoms with Crippen molar-refractivity contribution in [3.8, 4) is 5.75 Å². The summed E-state index contributed by atoms with van der Waals surface area (Å²) in [6.45, 7) is 0.476. The number of Topliss-reactive ketones (excluding diaryl/α,β-unsaturated/α-hetero) is 1. The van der Waals surface area contributed by atoms with Gasteiger partial charge in [-0.25, -0.2) is 0 Å². The van der Waals surface area contributed by atoms with E-state index in [1.165, 1.54) is 26.0 Å². The number of hydrogen-bond acceptors (Lipinski definition) is 5. The SMILES string of the molecule is CC(C)C(NC(=O)C(Cc1ccccc1)NC(=O)CC(Oc1ccc(Cl)cc1)c1ccc(Cl)c(Cl)c1)C(=O)C(F)(F)C(=O)NCC(F)(F)F. The zero-order chi connectivity index (χ0) is 36.5. The predicted octanol–water partition coefficient (Wildman–Crippen LogP) is 6.91. The number of carbonyl (C=O) groups excluding carboxylic acids is 4. The molecule has 0 aromatic heterocycles. The van der Waals surface area contributed by atoms with Gasteiger partial charge in [-0.1, -0.05) is 85.0 Å². The first-order chi connectivity index (χ1) is 22.9. The Morgan fingerprint density at radius 2 is 1.45 bits per heavy atom. The number of amides is 3. The fraction of sp³-hybridized carbons (Fsp3) is 0.333. The van der Waals surface area contributed by atoms with Crippen molar-refractivity contribution in [1.82, 2.24) is 16.0 Å². The first-order valence-electron chi connectivity index (χ1n) is 14.7. The summed E-state index contributed by atoms with van der Waals surface area (Å²) in [7, 11) is 0. The third kappa shape index (κ3) is 11.9. The molecule has 0 aliphatic rings. The lowest BCUT2D eigenvalue weighted by Crippen LogP contribution is -2.59. The van der Waals surface area contributed by atoms with Crippen LogP contribution >= 0.6 is 34.8 Å². The number of ketones is 1. The minimum Gasteiger partial charge on any atom is -0.485 e. The van der Waals surface area contributed by atoms with E-state index in [4.69, 9.17) is 39.5 Å². The molecule has 0 aliphatic heterocycles. The van der Waals surface area contributed by atoms with Gasteiger partial charge in [0.25, 0.3) is 5.91 Å². The van der Waals surface area contributed by atoms with Gasteiger partial charge in [0.15, 0.2) is 0 Å². The molecule has 49 heavy (non-hydrogen) atoms. The topological polar surface area (TPSA) is 114 Å². The van der Waals surface area contributed by atoms with Crippen molar-refractivity contribution in [2.75, 3.05) is 6.54 Å². The monoisotopic (exact) mass is 749 g/mol. The predicted molar refractivity (Wildman–Crippen MR) is 174 cm³/mol. The van der Waals surface area contributed by atoms with E-state index in [0.717, 1.165) is 5.32 Å². The number of ether oxygens (including phenoxy) is 1. The molecule has 3 aromatic carbocycles. The minimum absolute atomic E-state index is 0.157. The Kier molecular flexibility index (Phi) is 13.8. The van der Waals surface area contributed by atoms with Crippen LogP contribution in [0.3, 0.4) is 0 Å². The van der Waals surface area contributed by atoms with Gasteiger partial charge >= 0.3 is 12.1 Å². The molecule has 0 fully saturated rings. The maximum atomic E-state index is 14.8. The highest BCUT2D eigenvalue weighted by Crippen LogP contribution is 2.31. The van der Waals surface area contributed by atoms with Gasteiger partial charge in [-0.05, 0) is 53.4 Å². The highest BCUT2D eigenvalue weighted by atomic mass is 35.5. The molecule has 264 valence electrons. The zero-order valence-electron chi connectivity index (χ0n) is 25.9. The number of benzene rings is 3. The van der Waals surface area contributed by atoms with Crippen LogP contribution in [-0.2, 0) is 25.6 Å². The summed E-state index contributed by atoms with van der Waals surface area (Å²) in [6, 6.07) is 15.7. The van der Waals surface area contributed by atoms with Gasteiger partial charge in [0.2, 0.25) is 17.6 Å². The summed E-state index contributed by atoms with van der Waals surface area (Å²) in [6.07, 6.45) is -6.53. The third-order valence-electron chi connectivity index (χ3n) is 7.00. The maximum absolute atomic E-state index is 14.8. The lowest BCUT2D eigenvalue weighted by molar-refractivity contribution is -0.165. The zero-order valence-corrected chi connectivity index (χ0v) is 28.2. The molecule has 3 aromatic rings. The van der Waals surface area contributed by atoms with Crippen molar-refractivity contribution in [2.45, 2.75) is 57.0 Å². The Morgan fingerprint density at radius 1 is 0.816 bits per heavy atom. The van der Waals surface area contributed by atoms with E-state index < -0.39 is 66.3 Å². The molecule has 0 saturated heterocycles. The van der Waals surface area contributed by atoms with Crippen LogP contribution in [0.15, 0.2) is 72.8 Å². The van der Waals surface area contributed by atoms with Crippen LogP contribution in [0.25, 0.3) is 0 Å². The molecular formula is C33H31Cl3F5N3O5. The van der Waals surface area contributed by atoms with Crippen LogP contribution in [0.4, 0.5) is 22.0 Å². The van der Waals surface area contributed by atoms with E-state index in [9.17, 15) is 41.1 Å². The standard InChI is InChI=1S/C33H31Cl3F5N3O5/c1-18(2)28(29(46)33(40,41)31(48)42-17-32(37,38)39)44-30(47)25(14-19-6-4-3-5-7-19)43-27(45)16-26(20-8-13-23(35)24(36)15-20)49-22-11-9-21(34)10-12-22/h3-13,15,18,25-26,28H,14,16-17H2,1-2H3,(H,42,48)(H,43,45)(H,44,47). The first kappa shape index (κ1) is 39.5. The van der Waals surface area contributed by atoms with Crippen molar-refractivity contribution in [1.29, 1.82) is 0 Å². The largest absolute Gasteiger partial charge is 0.485 e. The average Bonchev–Trinajstić information content (AvgIpc) is 3.03. The molecule has 3 atom stereocenters. The van der Waals surface area contributed by atoms with Gasteiger partial charge < -0.3 is 20.7 Å². The van der Waals surface area contributed by atoms with E-state index in [1.54, 1.807) is 60.7 Å². The van der Waals surface area contributed by atoms with Crippen LogP contribution in [-0.4, -0.2) is 54.2 Å². The molecule has 3 rings (SSSR count). The molecule has 0 spiro atoms. The van der Waals surface area contributed by atoms with Crippen molar-refractivity contribution in [3.05, 3.63) is 99.0 Å². The summed E-state index contributed by atoms with van der Waals surface area (Å²) < 4.78 is 73.1. The summed E-state index contributed by atoms with van der Waals surface area (Å²) in [5, 5.41) is 6.56. The van der Waals surface area contributed by atoms with Crippen LogP contribution in [0, 0.1) is 5.92 Å². The highest BCUT2D eigenvalue weighted by molar-refractivity contribution is 6.42. The Balaban J connectivity index is 1.86. The molecule has 0 bridgehead atoms. The second-order valence-electron chi connectivity index (χ2n) is 11.2. The normalized spacial score (nSPS) is 13.6. The molecule has 3 unspecified atom stereocenters. The molecule has 0 heterocycles. The Hall–Kier alpha value is -3.94. The highest BCUT2D eigenvalue weighted by Gasteiger charge is 2.52. The van der Waals surface area contributed by atoms with E-state index in [-0.39, 0.29) is 22.9 Å². The molecule has 0 saturated carbocycles. The maximum Gasteiger partial charge on any atom is 0.405 e. The lowest BCUT2D eigenvalue weighted by Gasteiger charge is -2.28. The minimum atomic E-state index is -5.01. The molecule has 16 heteroatoms. The lowest BCUT2D eigenvalue weighted by atomic mass is 9.94. The summed E-state index contributed by atoms with van der Waals surface area (Å²) in [4.78, 5) is 51.8. The van der Waals surface area contributed by atoms with Gasteiger partial charge in [-0.15, -0.1) is 0 Å². The Labute approximate surface area is 293 Å². The van der Waals surface area contributed by atoms with E-state index >= 15 is 0 Å². The summed E-state index contributed by atoms with van der Waals surface area (Å²) >= 11 is 18.2. The van der Waals surface area contributed by atoms with Crippen LogP contribution in [0.1, 0.15) is 37.5 Å². The Morgan fingerprint density at radius 3 is 2.02 bits per heavy atom. The second-order valence-corrected chi connectivity index (χ2v) is 12.5. The van der Waals surface area contributed by atoms with Crippen molar-refractivity contribution in [2.24, 2.45) is 5.92 Å². The fourth-order valence-electron chi connectivity index (χ4n) is 4.49. The molecule has 8 nitrogen and oxygen atoms in total. The van der Waals surface area contributed by atoms with Gasteiger partial charge in [0.1, 0.15) is 24.4 Å². The van der Waals surface area contributed by atoms with E-state index in [2.05, 4.69) is 10.6 Å². The number of rotatable bonds is 15. The quantitative estimate of drug-likeness (QED) is 0.116. The number of halogens is 8. The van der Waals surface area contributed by atoms with Crippen molar-refractivity contribution >= 4 is 58.3 Å². The van der Waals surface area contributed by atoms with Gasteiger partial charge in [-0.2, -0.15) is 22.0 Å². The first-order valence-corrected chi connectivity index (χ1v) is 15.8. The van der Waals surface area contributed by atoms with E-state index in [1.807, 2.05) is 0 Å². The number of alkyl halides is 5. The summed E-state index contributed by atoms with van der Waals surface area (Å²) in [5.41, 5.74) is 0.991. The molecule has 3 N–H and O–H groups in total. The van der Waals surface area contributed by atoms with Crippen LogP contribution in [0.5, 0.6) is 5.75 Å². The Bertz CT molecular complexity index is 1630. The fourth-order valence-corrected chi connectivity index (χ4v) is 4.92. The third-order valence-corrected chi connectivity index (χ3v) is 7.99. The smallest absolute Gasteiger partial charge is 0.405 e.